The van der Waals surface area contributed by atoms with Crippen LogP contribution in [0.3, 0.4) is 0 Å². The maximum absolute atomic E-state index is 13.3. The lowest BCUT2D eigenvalue weighted by Gasteiger charge is -2.64. The van der Waals surface area contributed by atoms with Gasteiger partial charge < -0.3 is 40.1 Å². The molecule has 0 aromatic carbocycles. The molecule has 4 saturated carbocycles. The van der Waals surface area contributed by atoms with Crippen molar-refractivity contribution < 1.29 is 44.9 Å². The first-order chi connectivity index (χ1) is 19.6. The molecule has 7 aliphatic rings. The van der Waals surface area contributed by atoms with Crippen molar-refractivity contribution in [2.75, 3.05) is 13.1 Å². The first-order valence-electron chi connectivity index (χ1n) is 16.1. The van der Waals surface area contributed by atoms with Crippen molar-refractivity contribution in [3.8, 4) is 0 Å². The number of fused-ring (bicyclic) bond motifs is 5. The van der Waals surface area contributed by atoms with E-state index in [-0.39, 0.29) is 18.9 Å². The zero-order valence-corrected chi connectivity index (χ0v) is 25.4. The fourth-order valence-corrected chi connectivity index (χ4v) is 11.9. The van der Waals surface area contributed by atoms with E-state index in [4.69, 9.17) is 9.47 Å². The number of aliphatic hydroxyl groups excluding tert-OH is 3. The number of hydrogen-bond donors (Lipinski definition) is 6. The van der Waals surface area contributed by atoms with Crippen LogP contribution in [-0.2, 0) is 14.3 Å². The van der Waals surface area contributed by atoms with Crippen LogP contribution in [0.25, 0.3) is 0 Å². The molecule has 7 fully saturated rings. The minimum atomic E-state index is -1.90. The van der Waals surface area contributed by atoms with Gasteiger partial charge in [0.15, 0.2) is 11.9 Å². The van der Waals surface area contributed by atoms with Gasteiger partial charge in [-0.1, -0.05) is 19.9 Å². The van der Waals surface area contributed by atoms with E-state index >= 15 is 0 Å². The molecule has 0 radical (unpaired) electrons. The number of hydrogen-bond acceptors (Lipinski definition) is 10. The molecule has 6 N–H and O–H groups in total. The van der Waals surface area contributed by atoms with Gasteiger partial charge in [0.25, 0.3) is 0 Å². The third kappa shape index (κ3) is 3.31. The van der Waals surface area contributed by atoms with E-state index < -0.39 is 88.0 Å². The van der Waals surface area contributed by atoms with Crippen LogP contribution in [0, 0.1) is 40.9 Å². The summed E-state index contributed by atoms with van der Waals surface area (Å²) >= 11 is 0. The predicted octanol–water partition coefficient (Wildman–Crippen LogP) is 0.703. The van der Waals surface area contributed by atoms with Crippen LogP contribution in [0.2, 0.25) is 0 Å². The van der Waals surface area contributed by atoms with Gasteiger partial charge in [-0.3, -0.25) is 4.90 Å². The SMILES string of the molecule is C/C=C(/C)C(=O)O[C@H]1[C@H](O)[C@H]2[C@@H](CN3C[C@@H](C)CC[C@H]3[C@@]2(C)O)[C@@H]2C[C@@]34O[C@@]5(O)[C@@H](C[C@@H](O)[C@H]3[C@@]21O)[C@]4(C)CC[C@@H]5O. The van der Waals surface area contributed by atoms with Crippen LogP contribution in [0.1, 0.15) is 73.1 Å². The lowest BCUT2D eigenvalue weighted by atomic mass is 9.49. The van der Waals surface area contributed by atoms with E-state index in [2.05, 4.69) is 11.8 Å². The van der Waals surface area contributed by atoms with Crippen LogP contribution < -0.4 is 0 Å². The zero-order valence-electron chi connectivity index (χ0n) is 25.4. The highest BCUT2D eigenvalue weighted by Gasteiger charge is 2.86. The molecule has 3 saturated heterocycles. The Hall–Kier alpha value is -1.11. The highest BCUT2D eigenvalue weighted by Crippen LogP contribution is 2.77. The van der Waals surface area contributed by atoms with Gasteiger partial charge in [0, 0.05) is 47.9 Å². The molecular formula is C32H49NO9. The number of esters is 1. The van der Waals surface area contributed by atoms with Gasteiger partial charge in [-0.25, -0.2) is 4.79 Å². The van der Waals surface area contributed by atoms with Crippen molar-refractivity contribution in [2.45, 2.75) is 126 Å². The molecule has 3 aliphatic heterocycles. The van der Waals surface area contributed by atoms with Crippen molar-refractivity contribution in [3.05, 3.63) is 11.6 Å². The highest BCUT2D eigenvalue weighted by atomic mass is 16.7. The summed E-state index contributed by atoms with van der Waals surface area (Å²) in [5, 5.41) is 72.2. The van der Waals surface area contributed by atoms with E-state index in [9.17, 15) is 35.4 Å². The Morgan fingerprint density at radius 3 is 2.48 bits per heavy atom. The van der Waals surface area contributed by atoms with Gasteiger partial charge in [-0.05, 0) is 77.0 Å². The number of aliphatic hydroxyl groups is 6. The summed E-state index contributed by atoms with van der Waals surface area (Å²) < 4.78 is 12.7. The third-order valence-corrected chi connectivity index (χ3v) is 13.8. The maximum Gasteiger partial charge on any atom is 0.333 e. The minimum absolute atomic E-state index is 0.105. The van der Waals surface area contributed by atoms with Crippen molar-refractivity contribution >= 4 is 5.97 Å². The lowest BCUT2D eigenvalue weighted by molar-refractivity contribution is -0.297. The summed E-state index contributed by atoms with van der Waals surface area (Å²) in [6, 6.07) is -0.184. The first kappa shape index (κ1) is 29.6. The Bertz CT molecular complexity index is 1190. The van der Waals surface area contributed by atoms with Crippen LogP contribution in [0.5, 0.6) is 0 Å². The molecule has 236 valence electrons. The molecule has 42 heavy (non-hydrogen) atoms. The Balaban J connectivity index is 1.40. The maximum atomic E-state index is 13.3. The van der Waals surface area contributed by atoms with Gasteiger partial charge in [0.05, 0.1) is 23.4 Å². The number of nitrogens with zero attached hydrogens (tertiary/aromatic N) is 1. The molecule has 0 amide bonds. The molecule has 4 aliphatic carbocycles. The molecule has 7 rings (SSSR count). The number of carbonyl (C=O) groups excluding carboxylic acids is 1. The molecule has 4 bridgehead atoms. The summed E-state index contributed by atoms with van der Waals surface area (Å²) in [7, 11) is 0. The smallest absolute Gasteiger partial charge is 0.333 e. The van der Waals surface area contributed by atoms with Gasteiger partial charge in [-0.15, -0.1) is 0 Å². The number of piperidine rings is 2. The lowest BCUT2D eigenvalue weighted by Crippen LogP contribution is -2.77. The van der Waals surface area contributed by atoms with Crippen LogP contribution in [0.15, 0.2) is 11.6 Å². The molecule has 10 nitrogen and oxygen atoms in total. The monoisotopic (exact) mass is 591 g/mol. The number of ether oxygens (including phenoxy) is 2. The predicted molar refractivity (Wildman–Crippen MR) is 149 cm³/mol. The Morgan fingerprint density at radius 1 is 1.07 bits per heavy atom. The molecule has 0 aromatic heterocycles. The second-order valence-electron chi connectivity index (χ2n) is 15.6. The van der Waals surface area contributed by atoms with E-state index in [1.165, 1.54) is 0 Å². The van der Waals surface area contributed by atoms with Crippen LogP contribution in [-0.4, -0.2) is 108 Å². The quantitative estimate of drug-likeness (QED) is 0.199. The molecule has 16 atom stereocenters. The van der Waals surface area contributed by atoms with E-state index in [0.717, 1.165) is 19.4 Å². The van der Waals surface area contributed by atoms with Gasteiger partial charge in [-0.2, -0.15) is 0 Å². The van der Waals surface area contributed by atoms with Crippen molar-refractivity contribution in [1.82, 2.24) is 4.90 Å². The van der Waals surface area contributed by atoms with Crippen LogP contribution in [0.4, 0.5) is 0 Å². The average Bonchev–Trinajstić information content (AvgIpc) is 3.21. The van der Waals surface area contributed by atoms with Gasteiger partial charge >= 0.3 is 5.97 Å². The summed E-state index contributed by atoms with van der Waals surface area (Å²) in [4.78, 5) is 15.6. The minimum Gasteiger partial charge on any atom is -0.453 e. The van der Waals surface area contributed by atoms with E-state index in [1.54, 1.807) is 26.8 Å². The second kappa shape index (κ2) is 9.00. The molecule has 0 unspecified atom stereocenters. The largest absolute Gasteiger partial charge is 0.453 e. The molecule has 10 heteroatoms. The normalized spacial score (nSPS) is 60.3. The Morgan fingerprint density at radius 2 is 1.79 bits per heavy atom. The Labute approximate surface area is 247 Å². The number of rotatable bonds is 2. The standard InChI is InChI=1S/C32H49NO9/c1-6-16(3)27(37)41-26-24(36)23-17(14-33-13-15(2)7-8-21(33)29(23,5)38)18-12-30-25(31(18,26)39)19(34)11-20-28(30,4)10-9-22(35)32(20,40)42-30/h6,15,17-26,34-36,38-40H,7-14H2,1-5H3/b16-6-/t15-,17-,18-,19+,20-,21-,22-,23+,24+,25+,26-,28-,29+,30+,31-,32-/m0/s1. The van der Waals surface area contributed by atoms with Crippen molar-refractivity contribution in [1.29, 1.82) is 0 Å². The summed E-state index contributed by atoms with van der Waals surface area (Å²) in [5.41, 5.74) is -4.82. The summed E-state index contributed by atoms with van der Waals surface area (Å²) in [5.74, 6) is -5.34. The fourth-order valence-electron chi connectivity index (χ4n) is 11.9. The number of allylic oxidation sites excluding steroid dienone is 1. The van der Waals surface area contributed by atoms with E-state index in [1.807, 2.05) is 6.92 Å². The highest BCUT2D eigenvalue weighted by molar-refractivity contribution is 5.87. The third-order valence-electron chi connectivity index (χ3n) is 13.8. The molecular weight excluding hydrogens is 542 g/mol. The Kier molecular flexibility index (Phi) is 6.34. The zero-order chi connectivity index (χ0) is 30.4. The fraction of sp³-hybridized carbons (Fsp3) is 0.906. The molecule has 3 heterocycles. The van der Waals surface area contributed by atoms with Crippen molar-refractivity contribution in [3.63, 3.8) is 0 Å². The molecule has 1 spiro atoms. The van der Waals surface area contributed by atoms with Crippen LogP contribution >= 0.6 is 0 Å². The number of carbonyl (C=O) groups is 1. The average molecular weight is 592 g/mol. The van der Waals surface area contributed by atoms with Crippen molar-refractivity contribution in [2.24, 2.45) is 40.9 Å². The van der Waals surface area contributed by atoms with E-state index in [0.29, 0.717) is 30.9 Å². The van der Waals surface area contributed by atoms with Gasteiger partial charge in [0.1, 0.15) is 11.7 Å². The molecule has 0 aromatic rings. The first-order valence-corrected chi connectivity index (χ1v) is 16.1. The summed E-state index contributed by atoms with van der Waals surface area (Å²) in [6.45, 7) is 10.6. The summed E-state index contributed by atoms with van der Waals surface area (Å²) in [6.07, 6.45) is -0.526. The second-order valence-corrected chi connectivity index (χ2v) is 15.6. The van der Waals surface area contributed by atoms with Gasteiger partial charge in [0.2, 0.25) is 0 Å². The topological polar surface area (TPSA) is 160 Å².